The van der Waals surface area contributed by atoms with E-state index in [4.69, 9.17) is 0 Å². The molecule has 0 saturated carbocycles. The first-order chi connectivity index (χ1) is 11.6. The number of benzene rings is 1. The number of likely N-dealkylation sites (tertiary alicyclic amines) is 1. The van der Waals surface area contributed by atoms with Crippen LogP contribution >= 0.6 is 0 Å². The van der Waals surface area contributed by atoms with Crippen LogP contribution in [-0.2, 0) is 6.42 Å². The lowest BCUT2D eigenvalue weighted by molar-refractivity contribution is 0.0118. The Morgan fingerprint density at radius 3 is 2.71 bits per heavy atom. The zero-order valence-corrected chi connectivity index (χ0v) is 14.3. The lowest BCUT2D eigenvalue weighted by Crippen LogP contribution is -2.52. The fourth-order valence-electron chi connectivity index (χ4n) is 3.37. The van der Waals surface area contributed by atoms with Gasteiger partial charge < -0.3 is 10.0 Å². The standard InChI is InChI=1S/C20H24N2O2/c1-14-7-9-16(10-8-14)13-18-19(23)6-4-12-22(18)20(24)17-5-3-11-21-15(17)2/h3,5,7-11,18-19,23H,4,6,12-13H2,1-2H3/t18-,19-/m0/s1. The van der Waals surface area contributed by atoms with Crippen molar-refractivity contribution in [1.82, 2.24) is 9.88 Å². The van der Waals surface area contributed by atoms with E-state index in [2.05, 4.69) is 36.2 Å². The molecule has 24 heavy (non-hydrogen) atoms. The SMILES string of the molecule is Cc1ccc(C[C@H]2[C@@H](O)CCCN2C(=O)c2cccnc2C)cc1. The third-order valence-electron chi connectivity index (χ3n) is 4.81. The molecule has 3 rings (SSSR count). The minimum Gasteiger partial charge on any atom is -0.391 e. The van der Waals surface area contributed by atoms with Crippen LogP contribution in [0.5, 0.6) is 0 Å². The number of pyridine rings is 1. The van der Waals surface area contributed by atoms with Gasteiger partial charge in [-0.1, -0.05) is 29.8 Å². The summed E-state index contributed by atoms with van der Waals surface area (Å²) in [5, 5.41) is 10.5. The molecule has 1 aromatic heterocycles. The summed E-state index contributed by atoms with van der Waals surface area (Å²) in [6.07, 6.45) is 3.46. The summed E-state index contributed by atoms with van der Waals surface area (Å²) in [5.41, 5.74) is 3.71. The number of nitrogens with zero attached hydrogens (tertiary/aromatic N) is 2. The van der Waals surface area contributed by atoms with Crippen LogP contribution < -0.4 is 0 Å². The van der Waals surface area contributed by atoms with Gasteiger partial charge in [-0.2, -0.15) is 0 Å². The Morgan fingerprint density at radius 1 is 1.25 bits per heavy atom. The van der Waals surface area contributed by atoms with Crippen LogP contribution in [0.2, 0.25) is 0 Å². The average molecular weight is 324 g/mol. The summed E-state index contributed by atoms with van der Waals surface area (Å²) in [6.45, 7) is 4.59. The second-order valence-corrected chi connectivity index (χ2v) is 6.60. The van der Waals surface area contributed by atoms with Gasteiger partial charge in [0.1, 0.15) is 0 Å². The monoisotopic (exact) mass is 324 g/mol. The van der Waals surface area contributed by atoms with Crippen LogP contribution in [0.1, 0.15) is 40.0 Å². The second kappa shape index (κ2) is 7.14. The van der Waals surface area contributed by atoms with Crippen LogP contribution in [0.15, 0.2) is 42.6 Å². The maximum Gasteiger partial charge on any atom is 0.256 e. The summed E-state index contributed by atoms with van der Waals surface area (Å²) >= 11 is 0. The molecule has 0 bridgehead atoms. The van der Waals surface area contributed by atoms with E-state index < -0.39 is 6.10 Å². The first-order valence-corrected chi connectivity index (χ1v) is 8.52. The lowest BCUT2D eigenvalue weighted by atomic mass is 9.92. The van der Waals surface area contributed by atoms with Crippen molar-refractivity contribution in [3.8, 4) is 0 Å². The van der Waals surface area contributed by atoms with Crippen molar-refractivity contribution in [3.63, 3.8) is 0 Å². The zero-order chi connectivity index (χ0) is 17.1. The van der Waals surface area contributed by atoms with Gasteiger partial charge >= 0.3 is 0 Å². The van der Waals surface area contributed by atoms with Gasteiger partial charge in [-0.3, -0.25) is 9.78 Å². The van der Waals surface area contributed by atoms with E-state index in [1.807, 2.05) is 17.9 Å². The molecule has 2 atom stereocenters. The number of carbonyl (C=O) groups is 1. The number of amides is 1. The van der Waals surface area contributed by atoms with Crippen LogP contribution in [0.3, 0.4) is 0 Å². The van der Waals surface area contributed by atoms with Gasteiger partial charge in [0.05, 0.1) is 17.7 Å². The molecular weight excluding hydrogens is 300 g/mol. The highest BCUT2D eigenvalue weighted by atomic mass is 16.3. The Hall–Kier alpha value is -2.20. The van der Waals surface area contributed by atoms with Gasteiger partial charge in [-0.25, -0.2) is 0 Å². The molecule has 0 unspecified atom stereocenters. The predicted octanol–water partition coefficient (Wildman–Crippen LogP) is 2.91. The van der Waals surface area contributed by atoms with E-state index in [0.717, 1.165) is 24.1 Å². The van der Waals surface area contributed by atoms with Crippen molar-refractivity contribution < 1.29 is 9.90 Å². The highest BCUT2D eigenvalue weighted by Gasteiger charge is 2.34. The maximum atomic E-state index is 13.0. The minimum absolute atomic E-state index is 0.0311. The number of aromatic nitrogens is 1. The number of hydrogen-bond acceptors (Lipinski definition) is 3. The quantitative estimate of drug-likeness (QED) is 0.944. The second-order valence-electron chi connectivity index (χ2n) is 6.60. The van der Waals surface area contributed by atoms with Crippen molar-refractivity contribution in [3.05, 3.63) is 65.0 Å². The molecule has 1 fully saturated rings. The average Bonchev–Trinajstić information content (AvgIpc) is 2.58. The Labute approximate surface area is 143 Å². The van der Waals surface area contributed by atoms with E-state index in [9.17, 15) is 9.90 Å². The molecule has 1 N–H and O–H groups in total. The van der Waals surface area contributed by atoms with E-state index >= 15 is 0 Å². The van der Waals surface area contributed by atoms with Crippen LogP contribution in [0.25, 0.3) is 0 Å². The fourth-order valence-corrected chi connectivity index (χ4v) is 3.37. The molecular formula is C20H24N2O2. The number of rotatable bonds is 3. The smallest absolute Gasteiger partial charge is 0.256 e. The molecule has 2 heterocycles. The van der Waals surface area contributed by atoms with E-state index in [1.165, 1.54) is 5.56 Å². The highest BCUT2D eigenvalue weighted by molar-refractivity contribution is 5.95. The van der Waals surface area contributed by atoms with Gasteiger partial charge in [0.2, 0.25) is 0 Å². The van der Waals surface area contributed by atoms with Crippen LogP contribution in [-0.4, -0.2) is 39.6 Å². The number of aliphatic hydroxyl groups excluding tert-OH is 1. The Bertz CT molecular complexity index is 712. The minimum atomic E-state index is -0.485. The highest BCUT2D eigenvalue weighted by Crippen LogP contribution is 2.24. The molecule has 1 aromatic carbocycles. The Morgan fingerprint density at radius 2 is 2.00 bits per heavy atom. The van der Waals surface area contributed by atoms with Crippen LogP contribution in [0.4, 0.5) is 0 Å². The maximum absolute atomic E-state index is 13.0. The molecule has 4 nitrogen and oxygen atoms in total. The number of aryl methyl sites for hydroxylation is 2. The third kappa shape index (κ3) is 3.49. The Balaban J connectivity index is 1.85. The van der Waals surface area contributed by atoms with Gasteiger partial charge in [0, 0.05) is 18.4 Å². The third-order valence-corrected chi connectivity index (χ3v) is 4.81. The summed E-state index contributed by atoms with van der Waals surface area (Å²) in [6, 6.07) is 11.7. The molecule has 2 aromatic rings. The molecule has 0 radical (unpaired) electrons. The number of aliphatic hydroxyl groups is 1. The van der Waals surface area contributed by atoms with Gasteiger partial charge in [-0.15, -0.1) is 0 Å². The molecule has 0 aliphatic carbocycles. The summed E-state index contributed by atoms with van der Waals surface area (Å²) < 4.78 is 0. The number of hydrogen-bond donors (Lipinski definition) is 1. The Kier molecular flexibility index (Phi) is 4.95. The van der Waals surface area contributed by atoms with Crippen molar-refractivity contribution in [2.24, 2.45) is 0 Å². The molecule has 1 aliphatic rings. The predicted molar refractivity (Wildman–Crippen MR) is 93.9 cm³/mol. The number of carbonyl (C=O) groups excluding carboxylic acids is 1. The molecule has 126 valence electrons. The summed E-state index contributed by atoms with van der Waals surface area (Å²) in [5.74, 6) is -0.0311. The van der Waals surface area contributed by atoms with E-state index in [0.29, 0.717) is 18.5 Å². The molecule has 1 amide bonds. The lowest BCUT2D eigenvalue weighted by Gasteiger charge is -2.39. The fraction of sp³-hybridized carbons (Fsp3) is 0.400. The van der Waals surface area contributed by atoms with E-state index in [1.54, 1.807) is 12.3 Å². The van der Waals surface area contributed by atoms with Crippen molar-refractivity contribution in [2.45, 2.75) is 45.3 Å². The summed E-state index contributed by atoms with van der Waals surface area (Å²) in [4.78, 5) is 19.0. The van der Waals surface area contributed by atoms with Gasteiger partial charge in [0.25, 0.3) is 5.91 Å². The topological polar surface area (TPSA) is 53.4 Å². The largest absolute Gasteiger partial charge is 0.391 e. The van der Waals surface area contributed by atoms with Crippen LogP contribution in [0, 0.1) is 13.8 Å². The molecule has 4 heteroatoms. The van der Waals surface area contributed by atoms with Gasteiger partial charge in [0.15, 0.2) is 0 Å². The molecule has 1 aliphatic heterocycles. The van der Waals surface area contributed by atoms with Crippen molar-refractivity contribution >= 4 is 5.91 Å². The first kappa shape index (κ1) is 16.7. The summed E-state index contributed by atoms with van der Waals surface area (Å²) in [7, 11) is 0. The van der Waals surface area contributed by atoms with Crippen molar-refractivity contribution in [1.29, 1.82) is 0 Å². The zero-order valence-electron chi connectivity index (χ0n) is 14.3. The van der Waals surface area contributed by atoms with E-state index in [-0.39, 0.29) is 11.9 Å². The molecule has 1 saturated heterocycles. The normalized spacial score (nSPS) is 20.9. The van der Waals surface area contributed by atoms with Crippen molar-refractivity contribution in [2.75, 3.05) is 6.54 Å². The first-order valence-electron chi connectivity index (χ1n) is 8.52. The molecule has 0 spiro atoms. The van der Waals surface area contributed by atoms with Gasteiger partial charge in [-0.05, 0) is 50.8 Å². The number of piperidine rings is 1.